The lowest BCUT2D eigenvalue weighted by molar-refractivity contribution is 0.214. The summed E-state index contributed by atoms with van der Waals surface area (Å²) in [4.78, 5) is 2.58. The van der Waals surface area contributed by atoms with Crippen LogP contribution in [0, 0.1) is 5.82 Å². The van der Waals surface area contributed by atoms with E-state index in [-0.39, 0.29) is 16.5 Å². The highest BCUT2D eigenvalue weighted by Gasteiger charge is 2.20. The maximum absolute atomic E-state index is 13.5. The fourth-order valence-electron chi connectivity index (χ4n) is 3.67. The lowest BCUT2D eigenvalue weighted by Crippen LogP contribution is -2.30. The molecule has 0 N–H and O–H groups in total. The molecule has 10 heteroatoms. The average Bonchev–Trinajstić information content (AvgIpc) is 3.17. The molecule has 0 radical (unpaired) electrons. The highest BCUT2D eigenvalue weighted by atomic mass is 35.5. The maximum atomic E-state index is 13.5. The van der Waals surface area contributed by atoms with E-state index in [0.717, 1.165) is 37.4 Å². The van der Waals surface area contributed by atoms with E-state index >= 15 is 0 Å². The van der Waals surface area contributed by atoms with Crippen molar-refractivity contribution >= 4 is 33.2 Å². The minimum atomic E-state index is -3.44. The van der Waals surface area contributed by atoms with Crippen LogP contribution in [0.5, 0.6) is 0 Å². The number of hydrogen-bond donors (Lipinski definition) is 0. The molecule has 0 spiro atoms. The highest BCUT2D eigenvalue weighted by molar-refractivity contribution is 8.00. The first-order valence-electron chi connectivity index (χ1n) is 10.5. The second-order valence-corrected chi connectivity index (χ2v) is 11.3. The van der Waals surface area contributed by atoms with Gasteiger partial charge in [0.1, 0.15) is 5.82 Å². The average molecular weight is 495 g/mol. The van der Waals surface area contributed by atoms with Crippen molar-refractivity contribution in [3.05, 3.63) is 65.2 Å². The molecule has 1 aliphatic rings. The van der Waals surface area contributed by atoms with E-state index in [4.69, 9.17) is 11.6 Å². The number of nitrogens with zero attached hydrogens (tertiary/aromatic N) is 4. The Balaban J connectivity index is 1.52. The molecule has 32 heavy (non-hydrogen) atoms. The van der Waals surface area contributed by atoms with Gasteiger partial charge in [-0.2, -0.15) is 0 Å². The Bertz CT molecular complexity index is 1150. The lowest BCUT2D eigenvalue weighted by atomic mass is 10.1. The van der Waals surface area contributed by atoms with Gasteiger partial charge in [0.25, 0.3) is 0 Å². The van der Waals surface area contributed by atoms with Gasteiger partial charge in [0.05, 0.1) is 17.2 Å². The normalized spacial score (nSPS) is 15.2. The van der Waals surface area contributed by atoms with E-state index < -0.39 is 9.84 Å². The van der Waals surface area contributed by atoms with Crippen molar-refractivity contribution in [2.75, 3.05) is 24.6 Å². The Hall–Kier alpha value is -1.94. The topological polar surface area (TPSA) is 68.1 Å². The Labute approximate surface area is 196 Å². The maximum Gasteiger partial charge on any atom is 0.195 e. The summed E-state index contributed by atoms with van der Waals surface area (Å²) in [6.07, 6.45) is 3.56. The number of sulfone groups is 1. The zero-order valence-corrected chi connectivity index (χ0v) is 19.8. The number of hydrogen-bond acceptors (Lipinski definition) is 6. The summed E-state index contributed by atoms with van der Waals surface area (Å²) in [7, 11) is -3.44. The summed E-state index contributed by atoms with van der Waals surface area (Å²) >= 11 is 7.19. The number of benzene rings is 2. The quantitative estimate of drug-likeness (QED) is 0.426. The minimum absolute atomic E-state index is 0.0446. The SMILES string of the molecule is O=S(=O)(CCSc1nnc(CN2CCCCC2)n1-c1ccc(F)cc1)c1ccc(Cl)cc1. The van der Waals surface area contributed by atoms with Crippen LogP contribution < -0.4 is 0 Å². The van der Waals surface area contributed by atoms with Crippen molar-refractivity contribution in [1.29, 1.82) is 0 Å². The van der Waals surface area contributed by atoms with Gasteiger partial charge in [-0.1, -0.05) is 29.8 Å². The van der Waals surface area contributed by atoms with Crippen molar-refractivity contribution < 1.29 is 12.8 Å². The first-order valence-corrected chi connectivity index (χ1v) is 13.5. The molecule has 0 amide bonds. The van der Waals surface area contributed by atoms with Gasteiger partial charge >= 0.3 is 0 Å². The third-order valence-electron chi connectivity index (χ3n) is 5.35. The third kappa shape index (κ3) is 5.70. The first-order chi connectivity index (χ1) is 15.4. The summed E-state index contributed by atoms with van der Waals surface area (Å²) in [5.41, 5.74) is 0.756. The second-order valence-electron chi connectivity index (χ2n) is 7.67. The van der Waals surface area contributed by atoms with Gasteiger partial charge in [0, 0.05) is 16.5 Å². The number of likely N-dealkylation sites (tertiary alicyclic amines) is 1. The van der Waals surface area contributed by atoms with Crippen molar-refractivity contribution in [1.82, 2.24) is 19.7 Å². The number of piperidine rings is 1. The van der Waals surface area contributed by atoms with Gasteiger partial charge in [0.2, 0.25) is 0 Å². The molecule has 1 aliphatic heterocycles. The summed E-state index contributed by atoms with van der Waals surface area (Å²) in [5, 5.41) is 9.80. The molecular formula is C22H24ClFN4O2S2. The molecule has 4 rings (SSSR count). The molecule has 1 saturated heterocycles. The number of thioether (sulfide) groups is 1. The van der Waals surface area contributed by atoms with E-state index in [9.17, 15) is 12.8 Å². The van der Waals surface area contributed by atoms with E-state index in [0.29, 0.717) is 22.5 Å². The van der Waals surface area contributed by atoms with Crippen LogP contribution in [-0.4, -0.2) is 52.7 Å². The van der Waals surface area contributed by atoms with Gasteiger partial charge in [-0.15, -0.1) is 10.2 Å². The molecule has 0 unspecified atom stereocenters. The second kappa shape index (κ2) is 10.3. The van der Waals surface area contributed by atoms with E-state index in [1.807, 2.05) is 4.57 Å². The monoisotopic (exact) mass is 494 g/mol. The van der Waals surface area contributed by atoms with Crippen LogP contribution in [-0.2, 0) is 16.4 Å². The van der Waals surface area contributed by atoms with Crippen LogP contribution in [0.2, 0.25) is 5.02 Å². The molecule has 1 aromatic heterocycles. The summed E-state index contributed by atoms with van der Waals surface area (Å²) in [6, 6.07) is 12.3. The third-order valence-corrected chi connectivity index (χ3v) is 8.53. The number of halogens is 2. The fraction of sp³-hybridized carbons (Fsp3) is 0.364. The van der Waals surface area contributed by atoms with E-state index in [2.05, 4.69) is 15.1 Å². The molecule has 0 saturated carbocycles. The standard InChI is InChI=1S/C22H24ClFN4O2S2/c23-17-4-10-20(11-5-17)32(29,30)15-14-31-22-26-25-21(16-27-12-2-1-3-13-27)28(22)19-8-6-18(24)7-9-19/h4-11H,1-3,12-16H2. The molecular weight excluding hydrogens is 471 g/mol. The highest BCUT2D eigenvalue weighted by Crippen LogP contribution is 2.25. The Morgan fingerprint density at radius 3 is 2.34 bits per heavy atom. The van der Waals surface area contributed by atoms with Gasteiger partial charge in [-0.3, -0.25) is 9.47 Å². The summed E-state index contributed by atoms with van der Waals surface area (Å²) in [6.45, 7) is 2.67. The van der Waals surface area contributed by atoms with E-state index in [1.165, 1.54) is 42.4 Å². The molecule has 0 atom stereocenters. The molecule has 0 aliphatic carbocycles. The smallest absolute Gasteiger partial charge is 0.195 e. The van der Waals surface area contributed by atoms with Gasteiger partial charge in [-0.05, 0) is 74.5 Å². The van der Waals surface area contributed by atoms with Crippen LogP contribution in [0.1, 0.15) is 25.1 Å². The van der Waals surface area contributed by atoms with Crippen LogP contribution in [0.3, 0.4) is 0 Å². The van der Waals surface area contributed by atoms with Crippen molar-refractivity contribution in [2.45, 2.75) is 35.9 Å². The van der Waals surface area contributed by atoms with Crippen molar-refractivity contribution in [2.24, 2.45) is 0 Å². The number of rotatable bonds is 8. The zero-order valence-electron chi connectivity index (χ0n) is 17.5. The fourth-order valence-corrected chi connectivity index (χ4v) is 6.41. The zero-order chi connectivity index (χ0) is 22.6. The van der Waals surface area contributed by atoms with Crippen LogP contribution in [0.15, 0.2) is 58.6 Å². The Kier molecular flexibility index (Phi) is 7.50. The van der Waals surface area contributed by atoms with Crippen LogP contribution in [0.25, 0.3) is 5.69 Å². The first kappa shape index (κ1) is 23.2. The lowest BCUT2D eigenvalue weighted by Gasteiger charge is -2.26. The molecule has 1 fully saturated rings. The Morgan fingerprint density at radius 2 is 1.66 bits per heavy atom. The summed E-state index contributed by atoms with van der Waals surface area (Å²) in [5.74, 6) is 0.717. The van der Waals surface area contributed by atoms with Gasteiger partial charge < -0.3 is 0 Å². The van der Waals surface area contributed by atoms with Gasteiger partial charge in [0.15, 0.2) is 20.8 Å². The predicted octanol–water partition coefficient (Wildman–Crippen LogP) is 4.61. The van der Waals surface area contributed by atoms with Crippen molar-refractivity contribution in [3.8, 4) is 5.69 Å². The van der Waals surface area contributed by atoms with Crippen LogP contribution in [0.4, 0.5) is 4.39 Å². The summed E-state index contributed by atoms with van der Waals surface area (Å²) < 4.78 is 40.7. The number of aromatic nitrogens is 3. The molecule has 6 nitrogen and oxygen atoms in total. The molecule has 2 heterocycles. The molecule has 3 aromatic rings. The van der Waals surface area contributed by atoms with Gasteiger partial charge in [-0.25, -0.2) is 12.8 Å². The molecule has 0 bridgehead atoms. The Morgan fingerprint density at radius 1 is 0.969 bits per heavy atom. The minimum Gasteiger partial charge on any atom is -0.296 e. The van der Waals surface area contributed by atoms with E-state index in [1.54, 1.807) is 24.3 Å². The largest absolute Gasteiger partial charge is 0.296 e. The van der Waals surface area contributed by atoms with Crippen LogP contribution >= 0.6 is 23.4 Å². The molecule has 2 aromatic carbocycles. The predicted molar refractivity (Wildman–Crippen MR) is 125 cm³/mol. The van der Waals surface area contributed by atoms with Crippen molar-refractivity contribution in [3.63, 3.8) is 0 Å². The molecule has 170 valence electrons.